The smallest absolute Gasteiger partial charge is 0.169 e. The van der Waals surface area contributed by atoms with Gasteiger partial charge in [0.05, 0.1) is 37.1 Å². The van der Waals surface area contributed by atoms with Crippen molar-refractivity contribution in [2.45, 2.75) is 0 Å². The quantitative estimate of drug-likeness (QED) is 0.673. The lowest BCUT2D eigenvalue weighted by molar-refractivity contribution is 0.354. The Bertz CT molecular complexity index is 955. The van der Waals surface area contributed by atoms with Gasteiger partial charge in [-0.3, -0.25) is 0 Å². The molecule has 4 nitrogen and oxygen atoms in total. The Balaban J connectivity index is 2.11. The van der Waals surface area contributed by atoms with Crippen molar-refractivity contribution in [3.05, 3.63) is 65.9 Å². The largest absolute Gasteiger partial charge is 0.493 e. The summed E-state index contributed by atoms with van der Waals surface area (Å²) in [6, 6.07) is 19.4. The van der Waals surface area contributed by atoms with Crippen LogP contribution < -0.4 is 9.47 Å². The molecule has 1 aromatic heterocycles. The molecule has 2 aromatic carbocycles. The van der Waals surface area contributed by atoms with E-state index in [1.165, 1.54) is 0 Å². The molecule has 4 heteroatoms. The van der Waals surface area contributed by atoms with E-state index in [0.717, 1.165) is 16.6 Å². The summed E-state index contributed by atoms with van der Waals surface area (Å²) in [6.45, 7) is 0. The first-order valence-corrected chi connectivity index (χ1v) is 7.45. The molecular weight excluding hydrogens is 300 g/mol. The van der Waals surface area contributed by atoms with Crippen LogP contribution in [0.4, 0.5) is 0 Å². The van der Waals surface area contributed by atoms with Crippen LogP contribution >= 0.6 is 0 Å². The van der Waals surface area contributed by atoms with E-state index >= 15 is 0 Å². The average molecular weight is 316 g/mol. The summed E-state index contributed by atoms with van der Waals surface area (Å²) < 4.78 is 10.7. The molecule has 0 fully saturated rings. The second-order valence-electron chi connectivity index (χ2n) is 5.14. The fraction of sp³-hybridized carbons (Fsp3) is 0.100. The van der Waals surface area contributed by atoms with Crippen molar-refractivity contribution in [1.29, 1.82) is 5.26 Å². The molecule has 0 radical (unpaired) electrons. The van der Waals surface area contributed by atoms with Crippen molar-refractivity contribution in [3.63, 3.8) is 0 Å². The van der Waals surface area contributed by atoms with Crippen molar-refractivity contribution >= 4 is 22.6 Å². The Morgan fingerprint density at radius 1 is 1.00 bits per heavy atom. The molecule has 0 bridgehead atoms. The molecule has 0 atom stereocenters. The highest BCUT2D eigenvalue weighted by Crippen LogP contribution is 2.35. The molecule has 0 saturated heterocycles. The van der Waals surface area contributed by atoms with Gasteiger partial charge in [-0.25, -0.2) is 4.98 Å². The summed E-state index contributed by atoms with van der Waals surface area (Å²) in [5.74, 6) is 1.12. The third-order valence-corrected chi connectivity index (χ3v) is 3.73. The number of methoxy groups -OCH3 is 2. The first-order valence-electron chi connectivity index (χ1n) is 7.45. The van der Waals surface area contributed by atoms with Gasteiger partial charge in [0.2, 0.25) is 0 Å². The van der Waals surface area contributed by atoms with Crippen LogP contribution in [-0.4, -0.2) is 19.2 Å². The molecule has 118 valence electrons. The highest BCUT2D eigenvalue weighted by atomic mass is 16.5. The van der Waals surface area contributed by atoms with Gasteiger partial charge in [-0.15, -0.1) is 0 Å². The van der Waals surface area contributed by atoms with Gasteiger partial charge in [-0.05, 0) is 30.3 Å². The molecule has 3 aromatic rings. The second kappa shape index (κ2) is 6.84. The van der Waals surface area contributed by atoms with E-state index in [4.69, 9.17) is 9.47 Å². The Labute approximate surface area is 140 Å². The zero-order valence-electron chi connectivity index (χ0n) is 13.5. The maximum absolute atomic E-state index is 9.60. The molecular formula is C20H16N2O2. The molecule has 3 rings (SSSR count). The van der Waals surface area contributed by atoms with Crippen molar-refractivity contribution < 1.29 is 9.47 Å². The highest BCUT2D eigenvalue weighted by molar-refractivity contribution is 5.92. The SMILES string of the molecule is COc1cccc(C(C#N)=Cc2ccc3ccccc3n2)c1OC. The van der Waals surface area contributed by atoms with Crippen LogP contribution in [0.5, 0.6) is 11.5 Å². The third-order valence-electron chi connectivity index (χ3n) is 3.73. The van der Waals surface area contributed by atoms with Crippen LogP contribution in [0.3, 0.4) is 0 Å². The van der Waals surface area contributed by atoms with Gasteiger partial charge in [0.15, 0.2) is 11.5 Å². The van der Waals surface area contributed by atoms with Crippen LogP contribution in [0.15, 0.2) is 54.6 Å². The highest BCUT2D eigenvalue weighted by Gasteiger charge is 2.13. The maximum Gasteiger partial charge on any atom is 0.169 e. The lowest BCUT2D eigenvalue weighted by Crippen LogP contribution is -1.95. The van der Waals surface area contributed by atoms with E-state index in [2.05, 4.69) is 11.1 Å². The van der Waals surface area contributed by atoms with Gasteiger partial charge in [-0.2, -0.15) is 5.26 Å². The van der Waals surface area contributed by atoms with E-state index in [1.807, 2.05) is 48.5 Å². The Morgan fingerprint density at radius 3 is 2.58 bits per heavy atom. The van der Waals surface area contributed by atoms with E-state index in [1.54, 1.807) is 26.4 Å². The normalized spacial score (nSPS) is 11.1. The van der Waals surface area contributed by atoms with Gasteiger partial charge in [0.1, 0.15) is 0 Å². The zero-order chi connectivity index (χ0) is 16.9. The van der Waals surface area contributed by atoms with Crippen molar-refractivity contribution in [3.8, 4) is 17.6 Å². The molecule has 0 aliphatic carbocycles. The molecule has 0 aliphatic rings. The summed E-state index contributed by atoms with van der Waals surface area (Å²) >= 11 is 0. The van der Waals surface area contributed by atoms with E-state index in [0.29, 0.717) is 22.6 Å². The number of benzene rings is 2. The molecule has 0 saturated carbocycles. The Hall–Kier alpha value is -3.32. The first-order chi connectivity index (χ1) is 11.8. The summed E-state index contributed by atoms with van der Waals surface area (Å²) in [6.07, 6.45) is 1.75. The summed E-state index contributed by atoms with van der Waals surface area (Å²) in [4.78, 5) is 4.59. The Kier molecular flexibility index (Phi) is 4.44. The number of pyridine rings is 1. The van der Waals surface area contributed by atoms with Crippen LogP contribution in [0, 0.1) is 11.3 Å². The van der Waals surface area contributed by atoms with E-state index < -0.39 is 0 Å². The number of nitriles is 1. The fourth-order valence-corrected chi connectivity index (χ4v) is 2.58. The molecule has 0 spiro atoms. The predicted molar refractivity (Wildman–Crippen MR) is 94.8 cm³/mol. The average Bonchev–Trinajstić information content (AvgIpc) is 2.65. The van der Waals surface area contributed by atoms with Gasteiger partial charge in [0, 0.05) is 10.9 Å². The second-order valence-corrected chi connectivity index (χ2v) is 5.14. The number of hydrogen-bond acceptors (Lipinski definition) is 4. The molecule has 1 heterocycles. The number of allylic oxidation sites excluding steroid dienone is 1. The van der Waals surface area contributed by atoms with Crippen LogP contribution in [0.25, 0.3) is 22.6 Å². The number of ether oxygens (including phenoxy) is 2. The van der Waals surface area contributed by atoms with Gasteiger partial charge in [-0.1, -0.05) is 30.3 Å². The summed E-state index contributed by atoms with van der Waals surface area (Å²) in [5.41, 5.74) is 2.75. The van der Waals surface area contributed by atoms with Crippen LogP contribution in [0.2, 0.25) is 0 Å². The number of para-hydroxylation sites is 2. The topological polar surface area (TPSA) is 55.1 Å². The van der Waals surface area contributed by atoms with Crippen molar-refractivity contribution in [2.75, 3.05) is 14.2 Å². The molecule has 0 N–H and O–H groups in total. The first kappa shape index (κ1) is 15.6. The van der Waals surface area contributed by atoms with Crippen LogP contribution in [-0.2, 0) is 0 Å². The van der Waals surface area contributed by atoms with Gasteiger partial charge >= 0.3 is 0 Å². The lowest BCUT2D eigenvalue weighted by atomic mass is 10.0. The standard InChI is InChI=1S/C20H16N2O2/c1-23-19-9-5-7-17(20(19)24-2)15(13-21)12-16-11-10-14-6-3-4-8-18(14)22-16/h3-12H,1-2H3. The number of fused-ring (bicyclic) bond motifs is 1. The monoisotopic (exact) mass is 316 g/mol. The number of hydrogen-bond donors (Lipinski definition) is 0. The van der Waals surface area contributed by atoms with Crippen molar-refractivity contribution in [2.24, 2.45) is 0 Å². The minimum Gasteiger partial charge on any atom is -0.493 e. The fourth-order valence-electron chi connectivity index (χ4n) is 2.58. The third kappa shape index (κ3) is 2.92. The minimum absolute atomic E-state index is 0.466. The number of rotatable bonds is 4. The van der Waals surface area contributed by atoms with Gasteiger partial charge in [0.25, 0.3) is 0 Å². The minimum atomic E-state index is 0.466. The maximum atomic E-state index is 9.60. The molecule has 0 amide bonds. The van der Waals surface area contributed by atoms with Gasteiger partial charge < -0.3 is 9.47 Å². The zero-order valence-corrected chi connectivity index (χ0v) is 13.5. The van der Waals surface area contributed by atoms with Crippen molar-refractivity contribution in [1.82, 2.24) is 4.98 Å². The lowest BCUT2D eigenvalue weighted by Gasteiger charge is -2.11. The van der Waals surface area contributed by atoms with Crippen LogP contribution in [0.1, 0.15) is 11.3 Å². The molecule has 0 unspecified atom stereocenters. The predicted octanol–water partition coefficient (Wildman–Crippen LogP) is 4.32. The summed E-state index contributed by atoms with van der Waals surface area (Å²) in [5, 5.41) is 10.7. The number of nitrogens with zero attached hydrogens (tertiary/aromatic N) is 2. The molecule has 24 heavy (non-hydrogen) atoms. The molecule has 0 aliphatic heterocycles. The van der Waals surface area contributed by atoms with E-state index in [-0.39, 0.29) is 0 Å². The number of aromatic nitrogens is 1. The van der Waals surface area contributed by atoms with E-state index in [9.17, 15) is 5.26 Å². The summed E-state index contributed by atoms with van der Waals surface area (Å²) in [7, 11) is 3.13. The Morgan fingerprint density at radius 2 is 1.83 bits per heavy atom.